The second-order valence-corrected chi connectivity index (χ2v) is 3.46. The summed E-state index contributed by atoms with van der Waals surface area (Å²) < 4.78 is 4.90. The fourth-order valence-corrected chi connectivity index (χ4v) is 1.62. The highest BCUT2D eigenvalue weighted by Gasteiger charge is 2.03. The number of carbonyl (C=O) groups excluding carboxylic acids is 1. The summed E-state index contributed by atoms with van der Waals surface area (Å²) in [5.41, 5.74) is 0.944. The number of aliphatic hydroxyl groups is 1. The first-order valence-corrected chi connectivity index (χ1v) is 5.04. The molecule has 0 heterocycles. The van der Waals surface area contributed by atoms with Gasteiger partial charge >= 0.3 is 5.97 Å². The highest BCUT2D eigenvalue weighted by Crippen LogP contribution is 2.18. The average molecular weight is 216 g/mol. The van der Waals surface area contributed by atoms with Gasteiger partial charge in [0.25, 0.3) is 0 Å². The lowest BCUT2D eigenvalue weighted by Gasteiger charge is -2.06. The van der Waals surface area contributed by atoms with Gasteiger partial charge in [0.05, 0.1) is 0 Å². The van der Waals surface area contributed by atoms with Crippen LogP contribution >= 0.6 is 0 Å². The van der Waals surface area contributed by atoms with Crippen LogP contribution in [0.2, 0.25) is 0 Å². The van der Waals surface area contributed by atoms with Crippen LogP contribution in [0, 0.1) is 0 Å². The molecule has 0 aliphatic rings. The van der Waals surface area contributed by atoms with Crippen LogP contribution in [0.5, 0.6) is 0 Å². The molecule has 82 valence electrons. The molecular formula is C13H12O3. The molecule has 0 aromatic heterocycles. The monoisotopic (exact) mass is 216 g/mol. The third-order valence-electron chi connectivity index (χ3n) is 2.40. The number of hydrogen-bond acceptors (Lipinski definition) is 3. The van der Waals surface area contributed by atoms with Crippen LogP contribution in [-0.2, 0) is 16.1 Å². The molecule has 0 amide bonds. The zero-order valence-electron chi connectivity index (χ0n) is 8.72. The second kappa shape index (κ2) is 4.77. The van der Waals surface area contributed by atoms with Gasteiger partial charge in [-0.05, 0) is 16.3 Å². The largest absolute Gasteiger partial charge is 0.459 e. The van der Waals surface area contributed by atoms with Crippen LogP contribution in [0.15, 0.2) is 42.5 Å². The van der Waals surface area contributed by atoms with Crippen molar-refractivity contribution in [2.24, 2.45) is 0 Å². The zero-order valence-corrected chi connectivity index (χ0v) is 8.72. The molecule has 0 spiro atoms. The van der Waals surface area contributed by atoms with Crippen molar-refractivity contribution in [1.82, 2.24) is 0 Å². The molecule has 0 unspecified atom stereocenters. The van der Waals surface area contributed by atoms with Gasteiger partial charge in [0.15, 0.2) is 0 Å². The van der Waals surface area contributed by atoms with E-state index in [1.54, 1.807) is 0 Å². The number of carbonyl (C=O) groups is 1. The standard InChI is InChI=1S/C13H12O3/c14-8-13(15)16-9-11-6-3-5-10-4-1-2-7-12(10)11/h1-7,14H,8-9H2. The number of aliphatic hydroxyl groups excluding tert-OH is 1. The molecule has 0 aliphatic heterocycles. The molecule has 3 heteroatoms. The van der Waals surface area contributed by atoms with Crippen molar-refractivity contribution < 1.29 is 14.6 Å². The summed E-state index contributed by atoms with van der Waals surface area (Å²) in [4.78, 5) is 10.8. The Morgan fingerprint density at radius 3 is 2.69 bits per heavy atom. The maximum absolute atomic E-state index is 10.8. The first-order chi connectivity index (χ1) is 7.81. The molecule has 0 saturated carbocycles. The fourth-order valence-electron chi connectivity index (χ4n) is 1.62. The number of fused-ring (bicyclic) bond motifs is 1. The van der Waals surface area contributed by atoms with Gasteiger partial charge in [-0.25, -0.2) is 4.79 Å². The summed E-state index contributed by atoms with van der Waals surface area (Å²) in [6.45, 7) is -0.383. The number of hydrogen-bond donors (Lipinski definition) is 1. The Morgan fingerprint density at radius 1 is 1.12 bits per heavy atom. The van der Waals surface area contributed by atoms with Crippen LogP contribution in [0.1, 0.15) is 5.56 Å². The maximum atomic E-state index is 10.8. The predicted molar refractivity (Wildman–Crippen MR) is 60.8 cm³/mol. The van der Waals surface area contributed by atoms with Gasteiger partial charge in [0.2, 0.25) is 0 Å². The van der Waals surface area contributed by atoms with Gasteiger partial charge < -0.3 is 9.84 Å². The van der Waals surface area contributed by atoms with Crippen molar-refractivity contribution in [1.29, 1.82) is 0 Å². The summed E-state index contributed by atoms with van der Waals surface area (Å²) in [5.74, 6) is -0.604. The third-order valence-corrected chi connectivity index (χ3v) is 2.40. The van der Waals surface area contributed by atoms with Crippen LogP contribution in [0.25, 0.3) is 10.8 Å². The Hall–Kier alpha value is -1.87. The van der Waals surface area contributed by atoms with Gasteiger partial charge in [0.1, 0.15) is 13.2 Å². The molecule has 3 nitrogen and oxygen atoms in total. The summed E-state index contributed by atoms with van der Waals surface area (Å²) >= 11 is 0. The van der Waals surface area contributed by atoms with Crippen LogP contribution in [-0.4, -0.2) is 17.7 Å². The molecule has 1 N–H and O–H groups in total. The van der Waals surface area contributed by atoms with Crippen molar-refractivity contribution in [2.75, 3.05) is 6.61 Å². The van der Waals surface area contributed by atoms with E-state index in [1.165, 1.54) is 0 Å². The lowest BCUT2D eigenvalue weighted by molar-refractivity contribution is -0.148. The average Bonchev–Trinajstić information content (AvgIpc) is 2.35. The van der Waals surface area contributed by atoms with Gasteiger partial charge in [-0.15, -0.1) is 0 Å². The van der Waals surface area contributed by atoms with E-state index in [2.05, 4.69) is 0 Å². The lowest BCUT2D eigenvalue weighted by Crippen LogP contribution is -2.08. The third kappa shape index (κ3) is 2.20. The molecular weight excluding hydrogens is 204 g/mol. The van der Waals surface area contributed by atoms with Crippen molar-refractivity contribution in [3.05, 3.63) is 48.0 Å². The van der Waals surface area contributed by atoms with Gasteiger partial charge in [-0.1, -0.05) is 42.5 Å². The van der Waals surface area contributed by atoms with Crippen molar-refractivity contribution >= 4 is 16.7 Å². The molecule has 0 saturated heterocycles. The van der Waals surface area contributed by atoms with Crippen molar-refractivity contribution in [2.45, 2.75) is 6.61 Å². The quantitative estimate of drug-likeness (QED) is 0.797. The highest BCUT2D eigenvalue weighted by molar-refractivity contribution is 5.85. The SMILES string of the molecule is O=C(CO)OCc1cccc2ccccc12. The maximum Gasteiger partial charge on any atom is 0.332 e. The van der Waals surface area contributed by atoms with Gasteiger partial charge in [-0.2, -0.15) is 0 Å². The summed E-state index contributed by atoms with van der Waals surface area (Å²) in [6, 6.07) is 13.7. The smallest absolute Gasteiger partial charge is 0.332 e. The normalized spacial score (nSPS) is 10.3. The number of rotatable bonds is 3. The van der Waals surface area contributed by atoms with E-state index in [0.29, 0.717) is 0 Å². The lowest BCUT2D eigenvalue weighted by atomic mass is 10.1. The number of benzene rings is 2. The minimum Gasteiger partial charge on any atom is -0.459 e. The molecule has 0 aliphatic carbocycles. The van der Waals surface area contributed by atoms with Gasteiger partial charge in [0, 0.05) is 0 Å². The molecule has 16 heavy (non-hydrogen) atoms. The van der Waals surface area contributed by atoms with E-state index in [9.17, 15) is 4.79 Å². The minimum atomic E-state index is -0.604. The Kier molecular flexibility index (Phi) is 3.17. The minimum absolute atomic E-state index is 0.195. The van der Waals surface area contributed by atoms with Crippen molar-refractivity contribution in [3.63, 3.8) is 0 Å². The Balaban J connectivity index is 2.27. The topological polar surface area (TPSA) is 46.5 Å². The first-order valence-electron chi connectivity index (χ1n) is 5.04. The second-order valence-electron chi connectivity index (χ2n) is 3.46. The fraction of sp³-hybridized carbons (Fsp3) is 0.154. The van der Waals surface area contributed by atoms with Crippen LogP contribution < -0.4 is 0 Å². The molecule has 0 atom stereocenters. The first kappa shape index (κ1) is 10.6. The molecule has 2 aromatic rings. The zero-order chi connectivity index (χ0) is 11.4. The molecule has 0 radical (unpaired) electrons. The molecule has 2 rings (SSSR count). The molecule has 0 bridgehead atoms. The van der Waals surface area contributed by atoms with E-state index < -0.39 is 12.6 Å². The predicted octanol–water partition coefficient (Wildman–Crippen LogP) is 1.88. The van der Waals surface area contributed by atoms with E-state index in [-0.39, 0.29) is 6.61 Å². The summed E-state index contributed by atoms with van der Waals surface area (Å²) in [5, 5.41) is 10.7. The summed E-state index contributed by atoms with van der Waals surface area (Å²) in [7, 11) is 0. The Morgan fingerprint density at radius 2 is 1.88 bits per heavy atom. The van der Waals surface area contributed by atoms with E-state index in [1.807, 2.05) is 42.5 Å². The van der Waals surface area contributed by atoms with Crippen LogP contribution in [0.4, 0.5) is 0 Å². The van der Waals surface area contributed by atoms with Crippen LogP contribution in [0.3, 0.4) is 0 Å². The molecule has 0 fully saturated rings. The summed E-state index contributed by atoms with van der Waals surface area (Å²) in [6.07, 6.45) is 0. The van der Waals surface area contributed by atoms with E-state index >= 15 is 0 Å². The Bertz CT molecular complexity index is 500. The van der Waals surface area contributed by atoms with E-state index in [4.69, 9.17) is 9.84 Å². The van der Waals surface area contributed by atoms with E-state index in [0.717, 1.165) is 16.3 Å². The number of ether oxygens (including phenoxy) is 1. The van der Waals surface area contributed by atoms with Crippen molar-refractivity contribution in [3.8, 4) is 0 Å². The number of esters is 1. The Labute approximate surface area is 93.3 Å². The molecule has 2 aromatic carbocycles. The highest BCUT2D eigenvalue weighted by atomic mass is 16.5. The van der Waals surface area contributed by atoms with Gasteiger partial charge in [-0.3, -0.25) is 0 Å².